The summed E-state index contributed by atoms with van der Waals surface area (Å²) in [7, 11) is 0.600. The molecule has 2 aromatic rings. The summed E-state index contributed by atoms with van der Waals surface area (Å²) in [5.41, 5.74) is 1.25. The molecular weight excluding hydrogens is 406 g/mol. The molecule has 0 bridgehead atoms. The number of hydrogen-bond donors (Lipinski definition) is 0. The smallest absolute Gasteiger partial charge is 0.494 e. The third kappa shape index (κ3) is 4.74. The lowest BCUT2D eigenvalue weighted by atomic mass is 10.1. The van der Waals surface area contributed by atoms with E-state index in [0.717, 1.165) is 0 Å². The molecule has 0 aromatic heterocycles. The maximum atomic E-state index is 12.0. The van der Waals surface area contributed by atoms with Gasteiger partial charge in [0.05, 0.1) is 29.8 Å². The summed E-state index contributed by atoms with van der Waals surface area (Å²) >= 11 is 18.1. The van der Waals surface area contributed by atoms with Crippen LogP contribution in [0.2, 0.25) is 10.0 Å². The molecule has 8 heteroatoms. The van der Waals surface area contributed by atoms with E-state index in [1.165, 1.54) is 26.4 Å². The van der Waals surface area contributed by atoms with Crippen molar-refractivity contribution in [1.29, 1.82) is 0 Å². The summed E-state index contributed by atoms with van der Waals surface area (Å²) in [6, 6.07) is 10.0. The lowest BCUT2D eigenvalue weighted by Crippen LogP contribution is -2.03. The third-order valence-electron chi connectivity index (χ3n) is 3.31. The molecule has 0 spiro atoms. The molecule has 1 unspecified atom stereocenters. The Labute approximate surface area is 160 Å². The Morgan fingerprint density at radius 2 is 1.76 bits per heavy atom. The maximum Gasteiger partial charge on any atom is 0.494 e. The van der Waals surface area contributed by atoms with Gasteiger partial charge in [-0.2, -0.15) is 0 Å². The fourth-order valence-electron chi connectivity index (χ4n) is 2.15. The van der Waals surface area contributed by atoms with Gasteiger partial charge < -0.3 is 9.47 Å². The summed E-state index contributed by atoms with van der Waals surface area (Å²) in [6.07, 6.45) is 1.60. The number of rotatable bonds is 5. The van der Waals surface area contributed by atoms with Crippen LogP contribution in [0.1, 0.15) is 21.5 Å². The first kappa shape index (κ1) is 19.7. The van der Waals surface area contributed by atoms with E-state index in [4.69, 9.17) is 39.2 Å². The first-order valence-electron chi connectivity index (χ1n) is 6.94. The minimum Gasteiger partial charge on any atom is -0.497 e. The maximum absolute atomic E-state index is 12.0. The molecule has 0 saturated carbocycles. The zero-order valence-corrected chi connectivity index (χ0v) is 16.4. The molecule has 0 heterocycles. The van der Waals surface area contributed by atoms with Gasteiger partial charge in [0.1, 0.15) is 5.75 Å². The minimum atomic E-state index is -2.17. The van der Waals surface area contributed by atoms with Gasteiger partial charge in [0, 0.05) is 11.6 Å². The molecule has 0 N–H and O–H groups in total. The second-order valence-corrected chi connectivity index (χ2v) is 7.56. The summed E-state index contributed by atoms with van der Waals surface area (Å²) < 4.78 is 21.8. The fraction of sp³-hybridized carbons (Fsp3) is 0.118. The number of carbonyl (C=O) groups excluding carboxylic acids is 1. The molecule has 4 nitrogen and oxygen atoms in total. The van der Waals surface area contributed by atoms with Gasteiger partial charge in [-0.15, -0.1) is 0 Å². The molecule has 0 saturated heterocycles. The van der Waals surface area contributed by atoms with E-state index in [2.05, 4.69) is 4.74 Å². The van der Waals surface area contributed by atoms with Crippen molar-refractivity contribution >= 4 is 59.0 Å². The zero-order valence-electron chi connectivity index (χ0n) is 13.3. The highest BCUT2D eigenvalue weighted by Crippen LogP contribution is 2.46. The van der Waals surface area contributed by atoms with E-state index in [9.17, 15) is 9.36 Å². The van der Waals surface area contributed by atoms with Gasteiger partial charge in [-0.1, -0.05) is 35.3 Å². The monoisotopic (exact) mass is 417 g/mol. The normalized spacial score (nSPS) is 11.9. The average molecular weight is 419 g/mol. The Balaban J connectivity index is 2.54. The lowest BCUT2D eigenvalue weighted by Gasteiger charge is -2.06. The Hall–Kier alpha value is -1.58. The van der Waals surface area contributed by atoms with Crippen molar-refractivity contribution < 1.29 is 18.8 Å². The van der Waals surface area contributed by atoms with Crippen LogP contribution >= 0.6 is 41.6 Å². The third-order valence-corrected chi connectivity index (χ3v) is 5.22. The number of esters is 1. The van der Waals surface area contributed by atoms with E-state index >= 15 is 0 Å². The van der Waals surface area contributed by atoms with Crippen LogP contribution in [0.15, 0.2) is 36.4 Å². The van der Waals surface area contributed by atoms with Gasteiger partial charge in [-0.3, -0.25) is 0 Å². The lowest BCUT2D eigenvalue weighted by molar-refractivity contribution is 0.0601. The van der Waals surface area contributed by atoms with Gasteiger partial charge in [0.2, 0.25) is 16.6 Å². The molecule has 0 radical (unpaired) electrons. The molecule has 0 aliphatic rings. The second kappa shape index (κ2) is 8.68. The van der Waals surface area contributed by atoms with Gasteiger partial charge in [-0.05, 0) is 34.4 Å². The molecule has 0 aliphatic carbocycles. The highest BCUT2D eigenvalue weighted by atomic mass is 35.7. The predicted molar refractivity (Wildman–Crippen MR) is 102 cm³/mol. The fourth-order valence-corrected chi connectivity index (χ4v) is 3.84. The molecule has 0 fully saturated rings. The molecule has 0 aliphatic heterocycles. The summed E-state index contributed by atoms with van der Waals surface area (Å²) in [4.78, 5) is 11.7. The van der Waals surface area contributed by atoms with Crippen molar-refractivity contribution in [2.75, 3.05) is 14.2 Å². The van der Waals surface area contributed by atoms with Crippen LogP contribution in [0.4, 0.5) is 0 Å². The molecule has 1 atom stereocenters. The van der Waals surface area contributed by atoms with Crippen molar-refractivity contribution in [3.05, 3.63) is 63.1 Å². The molecule has 130 valence electrons. The van der Waals surface area contributed by atoms with Crippen LogP contribution in [0.5, 0.6) is 5.75 Å². The molecule has 2 aromatic carbocycles. The van der Waals surface area contributed by atoms with Gasteiger partial charge >= 0.3 is 13.1 Å². The Morgan fingerprint density at radius 1 is 1.12 bits per heavy atom. The van der Waals surface area contributed by atoms with Gasteiger partial charge in [0.15, 0.2) is 0 Å². The van der Waals surface area contributed by atoms with Crippen molar-refractivity contribution in [2.45, 2.75) is 0 Å². The first-order valence-corrected chi connectivity index (χ1v) is 9.86. The van der Waals surface area contributed by atoms with Gasteiger partial charge in [0.25, 0.3) is 0 Å². The van der Waals surface area contributed by atoms with Crippen LogP contribution in [0, 0.1) is 0 Å². The second-order valence-electron chi connectivity index (χ2n) is 4.86. The predicted octanol–water partition coefficient (Wildman–Crippen LogP) is 6.27. The van der Waals surface area contributed by atoms with Crippen molar-refractivity contribution in [2.24, 2.45) is 0 Å². The van der Waals surface area contributed by atoms with E-state index in [1.807, 2.05) is 0 Å². The number of halogens is 3. The van der Waals surface area contributed by atoms with E-state index in [-0.39, 0.29) is 15.6 Å². The number of carbonyl (C=O) groups is 1. The van der Waals surface area contributed by atoms with Crippen molar-refractivity contribution in [1.82, 2.24) is 0 Å². The Bertz CT molecular complexity index is 842. The molecular formula is C17H13Cl3O4P+. The zero-order chi connectivity index (χ0) is 18.6. The summed E-state index contributed by atoms with van der Waals surface area (Å²) in [6.45, 7) is 0. The summed E-state index contributed by atoms with van der Waals surface area (Å²) in [5, 5.41) is 0.634. The van der Waals surface area contributed by atoms with Gasteiger partial charge in [-0.25, -0.2) is 4.79 Å². The standard InChI is InChI=1S/C17H13Cl3O4P/c1-23-12-5-3-4-11(9-12)15(25(20)22)8-10-6-13(18)16(14(19)7-10)17(21)24-2/h3-9H,1-2H3/q+1/b15-8+. The average Bonchev–Trinajstić information content (AvgIpc) is 2.58. The highest BCUT2D eigenvalue weighted by Gasteiger charge is 2.24. The van der Waals surface area contributed by atoms with Crippen molar-refractivity contribution in [3.8, 4) is 5.75 Å². The van der Waals surface area contributed by atoms with E-state index < -0.39 is 13.1 Å². The van der Waals surface area contributed by atoms with Crippen LogP contribution in [-0.2, 0) is 9.30 Å². The van der Waals surface area contributed by atoms with E-state index in [1.54, 1.807) is 30.3 Å². The summed E-state index contributed by atoms with van der Waals surface area (Å²) in [5.74, 6) is -0.0315. The SMILES string of the molecule is COC(=O)c1c(Cl)cc(/C=C(\c2cccc(OC)c2)[P+](=O)Cl)cc1Cl. The van der Waals surface area contributed by atoms with Crippen LogP contribution in [0.25, 0.3) is 11.4 Å². The number of methoxy groups -OCH3 is 2. The molecule has 2 rings (SSSR count). The number of hydrogen-bond acceptors (Lipinski definition) is 4. The Morgan fingerprint density at radius 3 is 2.28 bits per heavy atom. The topological polar surface area (TPSA) is 52.6 Å². The number of benzene rings is 2. The van der Waals surface area contributed by atoms with Crippen LogP contribution in [-0.4, -0.2) is 20.2 Å². The molecule has 25 heavy (non-hydrogen) atoms. The Kier molecular flexibility index (Phi) is 6.86. The largest absolute Gasteiger partial charge is 0.497 e. The molecule has 0 amide bonds. The number of ether oxygens (including phenoxy) is 2. The van der Waals surface area contributed by atoms with Crippen molar-refractivity contribution in [3.63, 3.8) is 0 Å². The quantitative estimate of drug-likeness (QED) is 0.326. The first-order chi connectivity index (χ1) is 11.9. The van der Waals surface area contributed by atoms with E-state index in [0.29, 0.717) is 22.2 Å². The minimum absolute atomic E-state index is 0.0705. The highest BCUT2D eigenvalue weighted by molar-refractivity contribution is 7.82. The van der Waals surface area contributed by atoms with Crippen LogP contribution < -0.4 is 4.74 Å². The van der Waals surface area contributed by atoms with Crippen LogP contribution in [0.3, 0.4) is 0 Å².